The number of carbonyl (C=O) groups is 1. The molecule has 0 aromatic carbocycles. The van der Waals surface area contributed by atoms with E-state index in [2.05, 4.69) is 25.5 Å². The van der Waals surface area contributed by atoms with Gasteiger partial charge in [-0.1, -0.05) is 0 Å². The normalized spacial score (nSPS) is 11.1. The molecule has 6 nitrogen and oxygen atoms in total. The molecule has 2 N–H and O–H groups in total. The third-order valence-electron chi connectivity index (χ3n) is 1.39. The zero-order valence-electron chi connectivity index (χ0n) is 7.37. The van der Waals surface area contributed by atoms with Crippen molar-refractivity contribution in [3.05, 3.63) is 18.0 Å². The van der Waals surface area contributed by atoms with Gasteiger partial charge in [0.2, 0.25) is 0 Å². The number of H-pyrrole nitrogens is 1. The first-order valence-electron chi connectivity index (χ1n) is 3.62. The monoisotopic (exact) mass is 182 g/mol. The van der Waals surface area contributed by atoms with E-state index in [1.165, 1.54) is 7.11 Å². The highest BCUT2D eigenvalue weighted by Gasteiger charge is 1.99. The topological polar surface area (TPSA) is 79.4 Å². The zero-order valence-corrected chi connectivity index (χ0v) is 7.37. The molecular weight excluding hydrogens is 172 g/mol. The van der Waals surface area contributed by atoms with Gasteiger partial charge in [0.15, 0.2) is 0 Å². The lowest BCUT2D eigenvalue weighted by Crippen LogP contribution is -2.18. The highest BCUT2D eigenvalue weighted by molar-refractivity contribution is 5.97. The summed E-state index contributed by atoms with van der Waals surface area (Å²) in [7, 11) is 1.27. The minimum atomic E-state index is -0.598. The Morgan fingerprint density at radius 1 is 1.77 bits per heavy atom. The smallest absolute Gasteiger partial charge is 0.427 e. The minimum Gasteiger partial charge on any atom is -0.452 e. The molecule has 0 fully saturated rings. The Labute approximate surface area is 75.0 Å². The van der Waals surface area contributed by atoms with E-state index in [9.17, 15) is 4.79 Å². The van der Waals surface area contributed by atoms with Crippen LogP contribution in [0.5, 0.6) is 0 Å². The van der Waals surface area contributed by atoms with Gasteiger partial charge in [0, 0.05) is 6.20 Å². The molecule has 0 bridgehead atoms. The SMILES string of the molecule is COC(=O)N/N=C(\C)c1ccn[nH]1. The summed E-state index contributed by atoms with van der Waals surface area (Å²) in [5, 5.41) is 10.2. The molecule has 0 aliphatic rings. The van der Waals surface area contributed by atoms with E-state index >= 15 is 0 Å². The van der Waals surface area contributed by atoms with Crippen molar-refractivity contribution in [1.29, 1.82) is 0 Å². The van der Waals surface area contributed by atoms with Crippen molar-refractivity contribution in [3.63, 3.8) is 0 Å². The molecule has 1 amide bonds. The lowest BCUT2D eigenvalue weighted by molar-refractivity contribution is 0.171. The van der Waals surface area contributed by atoms with Crippen LogP contribution in [0.3, 0.4) is 0 Å². The summed E-state index contributed by atoms with van der Waals surface area (Å²) in [5.74, 6) is 0. The van der Waals surface area contributed by atoms with Crippen LogP contribution in [-0.2, 0) is 4.74 Å². The molecular formula is C7H10N4O2. The number of rotatable bonds is 2. The number of nitrogens with one attached hydrogen (secondary N) is 2. The van der Waals surface area contributed by atoms with Crippen LogP contribution in [0.15, 0.2) is 17.4 Å². The van der Waals surface area contributed by atoms with Gasteiger partial charge in [-0.05, 0) is 13.0 Å². The van der Waals surface area contributed by atoms with Crippen molar-refractivity contribution < 1.29 is 9.53 Å². The molecule has 0 aliphatic heterocycles. The Hall–Kier alpha value is -1.85. The second-order valence-electron chi connectivity index (χ2n) is 2.27. The van der Waals surface area contributed by atoms with Gasteiger partial charge < -0.3 is 4.74 Å². The largest absolute Gasteiger partial charge is 0.452 e. The van der Waals surface area contributed by atoms with E-state index < -0.39 is 6.09 Å². The van der Waals surface area contributed by atoms with Crippen molar-refractivity contribution in [3.8, 4) is 0 Å². The third-order valence-corrected chi connectivity index (χ3v) is 1.39. The zero-order chi connectivity index (χ0) is 9.68. The minimum absolute atomic E-state index is 0.598. The van der Waals surface area contributed by atoms with Crippen LogP contribution in [0, 0.1) is 0 Å². The van der Waals surface area contributed by atoms with E-state index in [4.69, 9.17) is 0 Å². The standard InChI is InChI=1S/C7H10N4O2/c1-5(6-3-4-8-10-6)9-11-7(12)13-2/h3-4H,1-2H3,(H,8,10)(H,11,12)/b9-5+. The van der Waals surface area contributed by atoms with Gasteiger partial charge in [0.1, 0.15) is 0 Å². The Balaban J connectivity index is 2.57. The summed E-state index contributed by atoms with van der Waals surface area (Å²) in [6.45, 7) is 1.74. The second-order valence-corrected chi connectivity index (χ2v) is 2.27. The van der Waals surface area contributed by atoms with Crippen molar-refractivity contribution in [1.82, 2.24) is 15.6 Å². The highest BCUT2D eigenvalue weighted by atomic mass is 16.5. The Morgan fingerprint density at radius 2 is 2.54 bits per heavy atom. The van der Waals surface area contributed by atoms with Crippen LogP contribution < -0.4 is 5.43 Å². The maximum atomic E-state index is 10.6. The Morgan fingerprint density at radius 3 is 3.08 bits per heavy atom. The number of nitrogens with zero attached hydrogens (tertiary/aromatic N) is 2. The van der Waals surface area contributed by atoms with Gasteiger partial charge in [0.25, 0.3) is 0 Å². The Bertz CT molecular complexity index is 304. The molecule has 1 rings (SSSR count). The molecule has 0 radical (unpaired) electrons. The van der Waals surface area contributed by atoms with E-state index in [1.54, 1.807) is 19.2 Å². The highest BCUT2D eigenvalue weighted by Crippen LogP contribution is 1.93. The summed E-state index contributed by atoms with van der Waals surface area (Å²) in [4.78, 5) is 10.6. The average Bonchev–Trinajstić information content (AvgIpc) is 2.66. The number of hydrazone groups is 1. The number of hydrogen-bond donors (Lipinski definition) is 2. The number of hydrogen-bond acceptors (Lipinski definition) is 4. The first-order valence-corrected chi connectivity index (χ1v) is 3.62. The molecule has 70 valence electrons. The average molecular weight is 182 g/mol. The van der Waals surface area contributed by atoms with Crippen LogP contribution >= 0.6 is 0 Å². The van der Waals surface area contributed by atoms with E-state index in [0.717, 1.165) is 5.69 Å². The number of methoxy groups -OCH3 is 1. The first-order chi connectivity index (χ1) is 6.24. The van der Waals surface area contributed by atoms with E-state index in [0.29, 0.717) is 5.71 Å². The summed E-state index contributed by atoms with van der Waals surface area (Å²) >= 11 is 0. The maximum Gasteiger partial charge on any atom is 0.427 e. The van der Waals surface area contributed by atoms with Crippen molar-refractivity contribution in [2.45, 2.75) is 6.92 Å². The lowest BCUT2D eigenvalue weighted by atomic mass is 10.3. The van der Waals surface area contributed by atoms with Gasteiger partial charge in [-0.3, -0.25) is 5.10 Å². The summed E-state index contributed by atoms with van der Waals surface area (Å²) in [6, 6.07) is 1.75. The maximum absolute atomic E-state index is 10.6. The van der Waals surface area contributed by atoms with Gasteiger partial charge in [0.05, 0.1) is 18.5 Å². The molecule has 0 spiro atoms. The molecule has 6 heteroatoms. The lowest BCUT2D eigenvalue weighted by Gasteiger charge is -1.98. The predicted molar refractivity (Wildman–Crippen MR) is 46.3 cm³/mol. The summed E-state index contributed by atoms with van der Waals surface area (Å²) < 4.78 is 4.34. The quantitative estimate of drug-likeness (QED) is 0.516. The fourth-order valence-corrected chi connectivity index (χ4v) is 0.693. The molecule has 1 aromatic heterocycles. The summed E-state index contributed by atoms with van der Waals surface area (Å²) in [6.07, 6.45) is 1.01. The first kappa shape index (κ1) is 9.24. The molecule has 1 aromatic rings. The Kier molecular flexibility index (Phi) is 3.02. The molecule has 0 saturated carbocycles. The molecule has 0 unspecified atom stereocenters. The summed E-state index contributed by atoms with van der Waals surface area (Å²) in [5.41, 5.74) is 3.57. The van der Waals surface area contributed by atoms with Gasteiger partial charge in [-0.25, -0.2) is 10.2 Å². The third kappa shape index (κ3) is 2.58. The van der Waals surface area contributed by atoms with Gasteiger partial charge >= 0.3 is 6.09 Å². The number of carbonyl (C=O) groups excluding carboxylic acids is 1. The van der Waals surface area contributed by atoms with Crippen LogP contribution in [0.4, 0.5) is 4.79 Å². The second kappa shape index (κ2) is 4.24. The van der Waals surface area contributed by atoms with Crippen molar-refractivity contribution >= 4 is 11.8 Å². The van der Waals surface area contributed by atoms with E-state index in [-0.39, 0.29) is 0 Å². The van der Waals surface area contributed by atoms with E-state index in [1.807, 2.05) is 0 Å². The number of amides is 1. The van der Waals surface area contributed by atoms with Crippen LogP contribution in [0.25, 0.3) is 0 Å². The predicted octanol–water partition coefficient (Wildman–Crippen LogP) is 0.490. The van der Waals surface area contributed by atoms with Crippen LogP contribution in [-0.4, -0.2) is 29.1 Å². The fourth-order valence-electron chi connectivity index (χ4n) is 0.693. The molecule has 1 heterocycles. The number of aromatic amines is 1. The number of aromatic nitrogens is 2. The molecule has 0 saturated heterocycles. The number of ether oxygens (including phenoxy) is 1. The van der Waals surface area contributed by atoms with Crippen molar-refractivity contribution in [2.75, 3.05) is 7.11 Å². The van der Waals surface area contributed by atoms with Crippen molar-refractivity contribution in [2.24, 2.45) is 5.10 Å². The van der Waals surface area contributed by atoms with Crippen LogP contribution in [0.2, 0.25) is 0 Å². The molecule has 0 aliphatic carbocycles. The fraction of sp³-hybridized carbons (Fsp3) is 0.286. The molecule has 0 atom stereocenters. The van der Waals surface area contributed by atoms with Crippen LogP contribution in [0.1, 0.15) is 12.6 Å². The van der Waals surface area contributed by atoms with Gasteiger partial charge in [-0.15, -0.1) is 0 Å². The molecule has 13 heavy (non-hydrogen) atoms. The van der Waals surface area contributed by atoms with Gasteiger partial charge in [-0.2, -0.15) is 10.2 Å².